The summed E-state index contributed by atoms with van der Waals surface area (Å²) in [4.78, 5) is 0. The van der Waals surface area contributed by atoms with Crippen LogP contribution in [-0.4, -0.2) is 38.7 Å². The van der Waals surface area contributed by atoms with E-state index in [-0.39, 0.29) is 24.0 Å². The SMILES string of the molecule is CCS(=O)(=O)CCC(CO)Cc1ccccc1OC. The van der Waals surface area contributed by atoms with Gasteiger partial charge in [-0.25, -0.2) is 8.42 Å². The van der Waals surface area contributed by atoms with E-state index >= 15 is 0 Å². The van der Waals surface area contributed by atoms with E-state index in [0.29, 0.717) is 12.8 Å². The number of aliphatic hydroxyl groups excluding tert-OH is 1. The molecule has 1 rings (SSSR count). The van der Waals surface area contributed by atoms with E-state index in [9.17, 15) is 13.5 Å². The third-order valence-electron chi connectivity index (χ3n) is 3.24. The van der Waals surface area contributed by atoms with Gasteiger partial charge in [0, 0.05) is 12.4 Å². The predicted molar refractivity (Wildman–Crippen MR) is 76.2 cm³/mol. The number of benzene rings is 1. The Hall–Kier alpha value is -1.07. The quantitative estimate of drug-likeness (QED) is 0.789. The Bertz CT molecular complexity index is 482. The van der Waals surface area contributed by atoms with E-state index in [2.05, 4.69) is 0 Å². The molecule has 1 N–H and O–H groups in total. The Labute approximate surface area is 115 Å². The fourth-order valence-electron chi connectivity index (χ4n) is 1.93. The Morgan fingerprint density at radius 1 is 1.32 bits per heavy atom. The first-order valence-corrected chi connectivity index (χ1v) is 8.27. The van der Waals surface area contributed by atoms with Crippen molar-refractivity contribution in [2.45, 2.75) is 19.8 Å². The van der Waals surface area contributed by atoms with Gasteiger partial charge in [0.05, 0.1) is 12.9 Å². The maximum absolute atomic E-state index is 11.5. The average Bonchev–Trinajstić information content (AvgIpc) is 2.43. The molecule has 0 amide bonds. The van der Waals surface area contributed by atoms with Crippen LogP contribution in [0.15, 0.2) is 24.3 Å². The highest BCUT2D eigenvalue weighted by Crippen LogP contribution is 2.22. The second-order valence-corrected chi connectivity index (χ2v) is 7.06. The number of methoxy groups -OCH3 is 1. The van der Waals surface area contributed by atoms with E-state index in [4.69, 9.17) is 4.74 Å². The van der Waals surface area contributed by atoms with E-state index in [1.807, 2.05) is 24.3 Å². The molecule has 0 saturated carbocycles. The van der Waals surface area contributed by atoms with Gasteiger partial charge in [-0.3, -0.25) is 0 Å². The highest BCUT2D eigenvalue weighted by Gasteiger charge is 2.15. The molecule has 0 saturated heterocycles. The second kappa shape index (κ2) is 7.50. The molecule has 5 heteroatoms. The van der Waals surface area contributed by atoms with Crippen molar-refractivity contribution in [3.8, 4) is 5.75 Å². The zero-order chi connectivity index (χ0) is 14.3. The van der Waals surface area contributed by atoms with Crippen molar-refractivity contribution in [2.75, 3.05) is 25.2 Å². The normalized spacial score (nSPS) is 13.2. The molecule has 4 nitrogen and oxygen atoms in total. The lowest BCUT2D eigenvalue weighted by molar-refractivity contribution is 0.221. The Balaban J connectivity index is 2.66. The van der Waals surface area contributed by atoms with Gasteiger partial charge in [0.2, 0.25) is 0 Å². The number of para-hydroxylation sites is 1. The van der Waals surface area contributed by atoms with Gasteiger partial charge >= 0.3 is 0 Å². The molecule has 0 radical (unpaired) electrons. The number of sulfone groups is 1. The van der Waals surface area contributed by atoms with Crippen LogP contribution < -0.4 is 4.74 Å². The zero-order valence-corrected chi connectivity index (χ0v) is 12.3. The highest BCUT2D eigenvalue weighted by molar-refractivity contribution is 7.91. The molecular weight excluding hydrogens is 264 g/mol. The van der Waals surface area contributed by atoms with Gasteiger partial charge < -0.3 is 9.84 Å². The largest absolute Gasteiger partial charge is 0.496 e. The van der Waals surface area contributed by atoms with Crippen molar-refractivity contribution in [2.24, 2.45) is 5.92 Å². The number of aliphatic hydroxyl groups is 1. The summed E-state index contributed by atoms with van der Waals surface area (Å²) in [6, 6.07) is 7.61. The zero-order valence-electron chi connectivity index (χ0n) is 11.5. The highest BCUT2D eigenvalue weighted by atomic mass is 32.2. The summed E-state index contributed by atoms with van der Waals surface area (Å²) in [5.74, 6) is 1.00. The van der Waals surface area contributed by atoms with Crippen LogP contribution in [0.2, 0.25) is 0 Å². The van der Waals surface area contributed by atoms with Crippen LogP contribution in [0.1, 0.15) is 18.9 Å². The molecule has 1 aromatic rings. The summed E-state index contributed by atoms with van der Waals surface area (Å²) in [6.07, 6.45) is 1.10. The third-order valence-corrected chi connectivity index (χ3v) is 4.97. The van der Waals surface area contributed by atoms with Crippen LogP contribution in [-0.2, 0) is 16.3 Å². The van der Waals surface area contributed by atoms with Gasteiger partial charge in [0.1, 0.15) is 15.6 Å². The second-order valence-electron chi connectivity index (χ2n) is 4.59. The summed E-state index contributed by atoms with van der Waals surface area (Å²) in [5.41, 5.74) is 0.998. The van der Waals surface area contributed by atoms with Crippen LogP contribution in [0.25, 0.3) is 0 Å². The molecule has 108 valence electrons. The molecular formula is C14H22O4S. The van der Waals surface area contributed by atoms with Gasteiger partial charge in [-0.15, -0.1) is 0 Å². The fourth-order valence-corrected chi connectivity index (χ4v) is 2.91. The maximum atomic E-state index is 11.5. The molecule has 1 atom stereocenters. The lowest BCUT2D eigenvalue weighted by atomic mass is 9.97. The molecule has 0 heterocycles. The van der Waals surface area contributed by atoms with Gasteiger partial charge in [0.15, 0.2) is 0 Å². The lowest BCUT2D eigenvalue weighted by Crippen LogP contribution is -2.17. The lowest BCUT2D eigenvalue weighted by Gasteiger charge is -2.16. The molecule has 0 aliphatic carbocycles. The molecule has 0 aliphatic heterocycles. The maximum Gasteiger partial charge on any atom is 0.150 e. The molecule has 0 aliphatic rings. The summed E-state index contributed by atoms with van der Waals surface area (Å²) in [5, 5.41) is 9.38. The summed E-state index contributed by atoms with van der Waals surface area (Å²) in [6.45, 7) is 1.63. The van der Waals surface area contributed by atoms with E-state index in [0.717, 1.165) is 11.3 Å². The first-order chi connectivity index (χ1) is 9.02. The number of hydrogen-bond donors (Lipinski definition) is 1. The molecule has 1 aromatic carbocycles. The standard InChI is InChI=1S/C14H22O4S/c1-3-19(16,17)9-8-12(11-15)10-13-6-4-5-7-14(13)18-2/h4-7,12,15H,3,8-11H2,1-2H3. The van der Waals surface area contributed by atoms with Crippen molar-refractivity contribution in [3.05, 3.63) is 29.8 Å². The van der Waals surface area contributed by atoms with Crippen molar-refractivity contribution in [3.63, 3.8) is 0 Å². The average molecular weight is 286 g/mol. The number of rotatable bonds is 8. The smallest absolute Gasteiger partial charge is 0.150 e. The minimum atomic E-state index is -2.97. The van der Waals surface area contributed by atoms with Crippen LogP contribution in [0.5, 0.6) is 5.75 Å². The molecule has 0 fully saturated rings. The molecule has 19 heavy (non-hydrogen) atoms. The van der Waals surface area contributed by atoms with Crippen LogP contribution in [0.4, 0.5) is 0 Å². The van der Waals surface area contributed by atoms with Crippen LogP contribution in [0.3, 0.4) is 0 Å². The summed E-state index contributed by atoms with van der Waals surface area (Å²) in [7, 11) is -1.37. The van der Waals surface area contributed by atoms with Crippen molar-refractivity contribution < 1.29 is 18.3 Å². The topological polar surface area (TPSA) is 63.6 Å². The molecule has 0 bridgehead atoms. The fraction of sp³-hybridized carbons (Fsp3) is 0.571. The van der Waals surface area contributed by atoms with Crippen molar-refractivity contribution >= 4 is 9.84 Å². The van der Waals surface area contributed by atoms with E-state index in [1.54, 1.807) is 14.0 Å². The van der Waals surface area contributed by atoms with Gasteiger partial charge in [-0.1, -0.05) is 25.1 Å². The molecule has 0 aromatic heterocycles. The molecule has 0 spiro atoms. The van der Waals surface area contributed by atoms with E-state index < -0.39 is 9.84 Å². The first kappa shape index (κ1) is 16.0. The predicted octanol–water partition coefficient (Wildman–Crippen LogP) is 1.67. The van der Waals surface area contributed by atoms with Crippen LogP contribution >= 0.6 is 0 Å². The van der Waals surface area contributed by atoms with Gasteiger partial charge in [0.25, 0.3) is 0 Å². The summed E-state index contributed by atoms with van der Waals surface area (Å²) < 4.78 is 28.2. The summed E-state index contributed by atoms with van der Waals surface area (Å²) >= 11 is 0. The molecule has 1 unspecified atom stereocenters. The Morgan fingerprint density at radius 3 is 2.58 bits per heavy atom. The van der Waals surface area contributed by atoms with Crippen LogP contribution in [0, 0.1) is 5.92 Å². The monoisotopic (exact) mass is 286 g/mol. The first-order valence-electron chi connectivity index (χ1n) is 6.45. The van der Waals surface area contributed by atoms with E-state index in [1.165, 1.54) is 0 Å². The minimum absolute atomic E-state index is 0.0166. The van der Waals surface area contributed by atoms with Gasteiger partial charge in [-0.05, 0) is 30.4 Å². The Kier molecular flexibility index (Phi) is 6.31. The Morgan fingerprint density at radius 2 is 2.00 bits per heavy atom. The number of ether oxygens (including phenoxy) is 1. The third kappa shape index (κ3) is 5.20. The minimum Gasteiger partial charge on any atom is -0.496 e. The van der Waals surface area contributed by atoms with Crippen molar-refractivity contribution in [1.29, 1.82) is 0 Å². The number of hydrogen-bond acceptors (Lipinski definition) is 4. The van der Waals surface area contributed by atoms with Crippen molar-refractivity contribution in [1.82, 2.24) is 0 Å². The van der Waals surface area contributed by atoms with Gasteiger partial charge in [-0.2, -0.15) is 0 Å².